The van der Waals surface area contributed by atoms with Crippen LogP contribution in [0.25, 0.3) is 11.1 Å². The normalized spacial score (nSPS) is 33.7. The molecule has 0 aromatic heterocycles. The Balaban J connectivity index is 1.01. The maximum Gasteiger partial charge on any atom is 0.329 e. The van der Waals surface area contributed by atoms with E-state index >= 15 is 19.2 Å². The molecule has 8 aliphatic heterocycles. The summed E-state index contributed by atoms with van der Waals surface area (Å²) in [5, 5.41) is 95.6. The van der Waals surface area contributed by atoms with Gasteiger partial charge in [-0.25, -0.2) is 20.4 Å². The van der Waals surface area contributed by atoms with Crippen LogP contribution in [0.5, 0.6) is 0 Å². The number of carbonyl (C=O) groups is 12. The molecule has 0 aliphatic carbocycles. The number of esters is 2. The van der Waals surface area contributed by atoms with Crippen LogP contribution in [0.3, 0.4) is 0 Å². The van der Waals surface area contributed by atoms with E-state index in [1.807, 2.05) is 0 Å². The van der Waals surface area contributed by atoms with Gasteiger partial charge in [0.25, 0.3) is 11.8 Å². The molecule has 34 heteroatoms. The van der Waals surface area contributed by atoms with E-state index in [2.05, 4.69) is 53.4 Å². The smallest absolute Gasteiger partial charge is 0.329 e. The number of amides is 10. The first-order valence-electron chi connectivity index (χ1n) is 36.7. The van der Waals surface area contributed by atoms with E-state index in [4.69, 9.17) is 9.47 Å². The van der Waals surface area contributed by atoms with E-state index < -0.39 is 228 Å². The molecule has 6 unspecified atom stereocenters. The van der Waals surface area contributed by atoms with Crippen molar-refractivity contribution in [2.24, 2.45) is 35.5 Å². The third-order valence-corrected chi connectivity index (χ3v) is 21.2. The number of aliphatic hydroxyl groups excluding tert-OH is 4. The molecule has 6 saturated heterocycles. The van der Waals surface area contributed by atoms with Gasteiger partial charge in [-0.1, -0.05) is 95.2 Å². The number of rotatable bonds is 11. The Morgan fingerprint density at radius 2 is 0.755 bits per heavy atom. The molecule has 0 bridgehead atoms. The lowest BCUT2D eigenvalue weighted by Crippen LogP contribution is -2.67. The third kappa shape index (κ3) is 15.6. The Bertz CT molecular complexity index is 3540. The molecule has 0 saturated carbocycles. The first kappa shape index (κ1) is 79.9. The molecular formula is C72H104N14O20. The Kier molecular flexibility index (Phi) is 23.6. The number of fused-ring (bicyclic) bond motifs is 12. The van der Waals surface area contributed by atoms with Crippen LogP contribution in [0.1, 0.15) is 147 Å². The number of carbonyl (C=O) groups excluding carboxylic acids is 12. The molecule has 8 aliphatic rings. The standard InChI is InChI=1S/C72H104N14O20/c1-29(2)19-45-57(91)81-53(35(13)87)63(97)83-49(61(95)79-51(31(5)6)67(101)105-55(33(9)10)65(99)85-47(59(93)75-45)23-39(89)27-73-85)25-71(103)41-21-37(15-17-43(41)77-69(71)83)38-16-18-44-42(22-38)72(104)26-50-62(96)80-52(32(7)8)68(102)106-56(34(11)12)66(100)86-48(24-40(90)28-74-86)60(94)76-46(20-30(3)4)58(92)82-54(36(14)88)64(98)84(50)70(72)78-44/h15-18,21-22,29-36,39-40,45-56,69-70,73-74,77-78,87-90,103-104H,19-20,23-28H2,1-14H3,(H,75,93)(H,76,94)(H,79,95)(H,80,96)(H,81,91)(H,82,92)/t35-,36-,39-,40+,45+,46-,47?,48?,49?,50+,51+,52+,53?,54+,55-,56-,69?,70?,71+,72-/m0/s1. The second-order valence-corrected chi connectivity index (χ2v) is 31.8. The van der Waals surface area contributed by atoms with Gasteiger partial charge in [0.2, 0.25) is 47.3 Å². The molecule has 0 radical (unpaired) electrons. The van der Waals surface area contributed by atoms with Gasteiger partial charge in [0.15, 0.2) is 12.2 Å². The van der Waals surface area contributed by atoms with E-state index in [0.717, 1.165) is 19.8 Å². The highest BCUT2D eigenvalue weighted by atomic mass is 16.6. The van der Waals surface area contributed by atoms with Crippen LogP contribution in [-0.2, 0) is 78.2 Å². The predicted molar refractivity (Wildman–Crippen MR) is 376 cm³/mol. The summed E-state index contributed by atoms with van der Waals surface area (Å²) in [5.74, 6) is -15.1. The summed E-state index contributed by atoms with van der Waals surface area (Å²) in [6, 6.07) is -6.29. The molecule has 10 rings (SSSR count). The average Bonchev–Trinajstić information content (AvgIpc) is 1.55. The molecule has 106 heavy (non-hydrogen) atoms. The molecule has 20 atom stereocenters. The first-order valence-corrected chi connectivity index (χ1v) is 36.7. The van der Waals surface area contributed by atoms with Crippen LogP contribution in [0.15, 0.2) is 36.4 Å². The van der Waals surface area contributed by atoms with E-state index in [-0.39, 0.29) is 73.1 Å². The number of anilines is 2. The number of β-amino-alcohol motifs (C(OH)–C–C–N with tert-alkyl or cyclic N) is 2. The minimum atomic E-state index is -2.21. The van der Waals surface area contributed by atoms with Crippen molar-refractivity contribution >= 4 is 82.4 Å². The molecule has 16 N–H and O–H groups in total. The largest absolute Gasteiger partial charge is 0.450 e. The van der Waals surface area contributed by atoms with Crippen molar-refractivity contribution in [2.75, 3.05) is 23.7 Å². The highest BCUT2D eigenvalue weighted by Crippen LogP contribution is 2.53. The summed E-state index contributed by atoms with van der Waals surface area (Å²) in [7, 11) is 0. The number of ether oxygens (including phenoxy) is 2. The molecule has 10 amide bonds. The van der Waals surface area contributed by atoms with Gasteiger partial charge < -0.3 is 92.4 Å². The number of hydrazine groups is 2. The lowest BCUT2D eigenvalue weighted by molar-refractivity contribution is -0.172. The third-order valence-electron chi connectivity index (χ3n) is 21.2. The van der Waals surface area contributed by atoms with Crippen LogP contribution in [0.2, 0.25) is 0 Å². The molecule has 34 nitrogen and oxygen atoms in total. The van der Waals surface area contributed by atoms with Gasteiger partial charge in [-0.15, -0.1) is 0 Å². The maximum atomic E-state index is 15.5. The fourth-order valence-electron chi connectivity index (χ4n) is 15.5. The first-order chi connectivity index (χ1) is 49.7. The monoisotopic (exact) mass is 1480 g/mol. The van der Waals surface area contributed by atoms with Crippen LogP contribution < -0.4 is 53.4 Å². The van der Waals surface area contributed by atoms with Crippen LogP contribution >= 0.6 is 0 Å². The lowest BCUT2D eigenvalue weighted by atomic mass is 9.86. The highest BCUT2D eigenvalue weighted by Gasteiger charge is 2.64. The van der Waals surface area contributed by atoms with Gasteiger partial charge in [0, 0.05) is 61.3 Å². The molecule has 2 aromatic rings. The van der Waals surface area contributed by atoms with Crippen molar-refractivity contribution < 1.29 is 97.6 Å². The topological polar surface area (TPSA) is 478 Å². The summed E-state index contributed by atoms with van der Waals surface area (Å²) in [4.78, 5) is 180. The summed E-state index contributed by atoms with van der Waals surface area (Å²) in [6.45, 7) is 21.9. The minimum absolute atomic E-state index is 0.0334. The van der Waals surface area contributed by atoms with Gasteiger partial charge in [0.05, 0.1) is 24.4 Å². The van der Waals surface area contributed by atoms with Crippen molar-refractivity contribution in [3.63, 3.8) is 0 Å². The van der Waals surface area contributed by atoms with Gasteiger partial charge >= 0.3 is 11.9 Å². The van der Waals surface area contributed by atoms with Crippen molar-refractivity contribution in [3.05, 3.63) is 47.5 Å². The Morgan fingerprint density at radius 3 is 1.07 bits per heavy atom. The molecule has 0 spiro atoms. The fourth-order valence-corrected chi connectivity index (χ4v) is 15.5. The van der Waals surface area contributed by atoms with Crippen LogP contribution in [0, 0.1) is 35.5 Å². The van der Waals surface area contributed by atoms with Gasteiger partial charge in [-0.05, 0) is 97.6 Å². The number of nitrogens with zero attached hydrogens (tertiary/aromatic N) is 4. The second-order valence-electron chi connectivity index (χ2n) is 31.8. The number of nitrogens with one attached hydrogen (secondary N) is 10. The number of cyclic esters (lactones) is 2. The van der Waals surface area contributed by atoms with Crippen molar-refractivity contribution in [3.8, 4) is 11.1 Å². The zero-order chi connectivity index (χ0) is 77.9. The summed E-state index contributed by atoms with van der Waals surface area (Å²) in [6.07, 6.45) is -13.7. The van der Waals surface area contributed by atoms with E-state index in [1.165, 1.54) is 13.8 Å². The van der Waals surface area contributed by atoms with Crippen LogP contribution in [-0.4, -0.2) is 244 Å². The zero-order valence-electron chi connectivity index (χ0n) is 62.2. The minimum Gasteiger partial charge on any atom is -0.450 e. The van der Waals surface area contributed by atoms with Crippen molar-refractivity contribution in [1.82, 2.24) is 62.6 Å². The molecule has 6 fully saturated rings. The van der Waals surface area contributed by atoms with Gasteiger partial charge in [-0.2, -0.15) is 0 Å². The predicted octanol–water partition coefficient (Wildman–Crippen LogP) is -2.40. The molecule has 2 aromatic carbocycles. The molecule has 8 heterocycles. The Morgan fingerprint density at radius 1 is 0.425 bits per heavy atom. The summed E-state index contributed by atoms with van der Waals surface area (Å²) in [5.41, 5.74) is 2.62. The number of hydrogen-bond acceptors (Lipinski definition) is 24. The Hall–Kier alpha value is -8.64. The fraction of sp³-hybridized carbons (Fsp3) is 0.667. The quantitative estimate of drug-likeness (QED) is 0.104. The van der Waals surface area contributed by atoms with Gasteiger partial charge in [-0.3, -0.25) is 58.0 Å². The van der Waals surface area contributed by atoms with Crippen LogP contribution in [0.4, 0.5) is 11.4 Å². The van der Waals surface area contributed by atoms with Gasteiger partial charge in [0.1, 0.15) is 84.0 Å². The molecule has 582 valence electrons. The van der Waals surface area contributed by atoms with Crippen molar-refractivity contribution in [1.29, 1.82) is 0 Å². The maximum absolute atomic E-state index is 15.5. The Labute approximate surface area is 614 Å². The zero-order valence-corrected chi connectivity index (χ0v) is 62.2. The number of hydrogen-bond donors (Lipinski definition) is 16. The summed E-state index contributed by atoms with van der Waals surface area (Å²) >= 11 is 0. The molecular weight excluding hydrogens is 1380 g/mol. The average molecular weight is 1490 g/mol. The summed E-state index contributed by atoms with van der Waals surface area (Å²) < 4.78 is 11.9. The van der Waals surface area contributed by atoms with Crippen molar-refractivity contribution in [2.45, 2.75) is 256 Å². The number of benzene rings is 2. The van der Waals surface area contributed by atoms with E-state index in [1.54, 1.807) is 119 Å². The highest BCUT2D eigenvalue weighted by molar-refractivity contribution is 6.01. The second kappa shape index (κ2) is 31.3. The number of aliphatic hydroxyl groups is 6. The lowest BCUT2D eigenvalue weighted by Gasteiger charge is -2.40. The SMILES string of the molecule is CC(C)C[C@@H]1NC(=O)C2C[C@@H](O)CNN2C(=O)[C@H](C(C)C)OC(=O)[C@@H](C(C)C)NC(=O)[C@H]2C[C@]3(O)c4cc(-c5ccc6c(c5)[C@]5(O)CC7C(=O)N[C@H](C(C)C)C(=O)O[C@@H](C(C)C)C(=O)N8NC[C@@H](O)CC8C(=O)N[C@H](CC(C)C)C(=O)NC([C@H](C)O)C(=O)N7C5N6)ccc4NC3N2C(=O)[C@@H]([C@H](C)O)NC1=O. The van der Waals surface area contributed by atoms with E-state index in [0.29, 0.717) is 11.1 Å². The van der Waals surface area contributed by atoms with E-state index in [9.17, 15) is 69.0 Å².